The van der Waals surface area contributed by atoms with Crippen molar-refractivity contribution in [1.29, 1.82) is 0 Å². The predicted octanol–water partition coefficient (Wildman–Crippen LogP) is 10.1. The number of fused-ring (bicyclic) bond motifs is 5. The average Bonchev–Trinajstić information content (AvgIpc) is 3.56. The molecular formula is C44H64N2O4. The lowest BCUT2D eigenvalue weighted by Crippen LogP contribution is -2.47. The molecule has 0 aromatic heterocycles. The van der Waals surface area contributed by atoms with E-state index >= 15 is 0 Å². The third kappa shape index (κ3) is 7.25. The van der Waals surface area contributed by atoms with Gasteiger partial charge in [0.2, 0.25) is 5.91 Å². The van der Waals surface area contributed by atoms with Crippen molar-refractivity contribution in [1.82, 2.24) is 9.80 Å². The Hall–Kier alpha value is -2.86. The van der Waals surface area contributed by atoms with E-state index in [1.807, 2.05) is 44.3 Å². The third-order valence-electron chi connectivity index (χ3n) is 13.9. The van der Waals surface area contributed by atoms with Crippen LogP contribution in [-0.2, 0) is 11.2 Å². The summed E-state index contributed by atoms with van der Waals surface area (Å²) in [5, 5.41) is 11.0. The van der Waals surface area contributed by atoms with Crippen molar-refractivity contribution in [2.75, 3.05) is 14.2 Å². The first-order valence-electron chi connectivity index (χ1n) is 20.2. The van der Waals surface area contributed by atoms with Gasteiger partial charge in [0.25, 0.3) is 0 Å². The topological polar surface area (TPSA) is 70.1 Å². The summed E-state index contributed by atoms with van der Waals surface area (Å²) in [4.78, 5) is 30.5. The van der Waals surface area contributed by atoms with Gasteiger partial charge in [0.15, 0.2) is 0 Å². The second-order valence-electron chi connectivity index (χ2n) is 16.7. The normalized spacial score (nSPS) is 30.9. The molecule has 6 nitrogen and oxygen atoms in total. The first kappa shape index (κ1) is 36.9. The Morgan fingerprint density at radius 2 is 1.70 bits per heavy atom. The molecule has 6 rings (SSSR count). The first-order chi connectivity index (χ1) is 24.2. The van der Waals surface area contributed by atoms with Crippen LogP contribution in [0.1, 0.15) is 146 Å². The summed E-state index contributed by atoms with van der Waals surface area (Å²) in [7, 11) is 3.59. The molecule has 0 bridgehead atoms. The summed E-state index contributed by atoms with van der Waals surface area (Å²) in [5.74, 6) is 3.53. The molecule has 0 spiro atoms. The highest BCUT2D eigenvalue weighted by molar-refractivity contribution is 5.98. The van der Waals surface area contributed by atoms with Crippen molar-refractivity contribution in [3.05, 3.63) is 65.2 Å². The molecule has 2 aromatic rings. The quantitative estimate of drug-likeness (QED) is 0.190. The van der Waals surface area contributed by atoms with E-state index in [1.54, 1.807) is 22.5 Å². The summed E-state index contributed by atoms with van der Waals surface area (Å²) in [6.45, 7) is 6.58. The molecule has 1 N–H and O–H groups in total. The Morgan fingerprint density at radius 3 is 2.42 bits per heavy atom. The van der Waals surface area contributed by atoms with Crippen LogP contribution in [0.3, 0.4) is 0 Å². The molecule has 274 valence electrons. The Kier molecular flexibility index (Phi) is 12.0. The molecule has 3 amide bonds. The van der Waals surface area contributed by atoms with Crippen LogP contribution < -0.4 is 4.74 Å². The highest BCUT2D eigenvalue weighted by Crippen LogP contribution is 2.62. The number of hydrogen-bond acceptors (Lipinski definition) is 4. The molecule has 1 saturated heterocycles. The number of carbonyl (C=O) groups excluding carboxylic acids is 2. The number of amides is 3. The molecule has 2 aromatic carbocycles. The lowest BCUT2D eigenvalue weighted by Gasteiger charge is -2.53. The summed E-state index contributed by atoms with van der Waals surface area (Å²) in [6.07, 6.45) is 17.9. The van der Waals surface area contributed by atoms with Crippen molar-refractivity contribution in [3.8, 4) is 5.75 Å². The minimum absolute atomic E-state index is 0.0123. The lowest BCUT2D eigenvalue weighted by atomic mass is 9.52. The number of urea groups is 1. The number of likely N-dealkylation sites (N-methyl/N-ethyl adjacent to an activating group) is 1. The fourth-order valence-corrected chi connectivity index (χ4v) is 11.0. The molecule has 9 atom stereocenters. The first-order valence-corrected chi connectivity index (χ1v) is 20.2. The number of unbranched alkanes of at least 4 members (excludes halogenated alkanes) is 6. The Bertz CT molecular complexity index is 1440. The van der Waals surface area contributed by atoms with Gasteiger partial charge >= 0.3 is 6.03 Å². The number of ether oxygens (including phenoxy) is 1. The Labute approximate surface area is 302 Å². The van der Waals surface area contributed by atoms with E-state index in [0.717, 1.165) is 62.7 Å². The number of aliphatic hydroxyl groups excluding tert-OH is 1. The molecule has 2 saturated carbocycles. The Morgan fingerprint density at radius 1 is 0.980 bits per heavy atom. The fourth-order valence-electron chi connectivity index (χ4n) is 11.0. The van der Waals surface area contributed by atoms with Gasteiger partial charge in [-0.25, -0.2) is 4.79 Å². The number of methoxy groups -OCH3 is 1. The summed E-state index contributed by atoms with van der Waals surface area (Å²) in [5.41, 5.74) is 4.18. The fraction of sp³-hybridized carbons (Fsp3) is 0.682. The molecule has 3 unspecified atom stereocenters. The summed E-state index contributed by atoms with van der Waals surface area (Å²) < 4.78 is 5.63. The zero-order valence-electron chi connectivity index (χ0n) is 31.6. The SMILES string of the molecule is CCC[C@@H](CCCCCCCCC[C@@H]1Cc2cc(OC)ccc2C2CC[C@@]3(C)C(CC[C@@H]3O)C21)C(=O)N1C(=O)N(C)[C@@H](C)[C@H]1c1ccccc1. The van der Waals surface area contributed by atoms with Crippen molar-refractivity contribution >= 4 is 11.9 Å². The summed E-state index contributed by atoms with van der Waals surface area (Å²) in [6, 6.07) is 16.4. The zero-order chi connectivity index (χ0) is 35.4. The van der Waals surface area contributed by atoms with Gasteiger partial charge in [-0.15, -0.1) is 0 Å². The molecule has 6 heteroatoms. The maximum Gasteiger partial charge on any atom is 0.327 e. The van der Waals surface area contributed by atoms with Gasteiger partial charge < -0.3 is 14.7 Å². The summed E-state index contributed by atoms with van der Waals surface area (Å²) >= 11 is 0. The highest BCUT2D eigenvalue weighted by Gasteiger charge is 2.56. The van der Waals surface area contributed by atoms with E-state index in [2.05, 4.69) is 32.0 Å². The van der Waals surface area contributed by atoms with Gasteiger partial charge in [-0.1, -0.05) is 102 Å². The second kappa shape index (κ2) is 16.2. The number of rotatable bonds is 15. The van der Waals surface area contributed by atoms with E-state index in [0.29, 0.717) is 23.7 Å². The van der Waals surface area contributed by atoms with Crippen molar-refractivity contribution < 1.29 is 19.4 Å². The van der Waals surface area contributed by atoms with Crippen molar-refractivity contribution in [2.24, 2.45) is 29.1 Å². The monoisotopic (exact) mass is 684 g/mol. The standard InChI is InChI=1S/C44H64N2O4/c1-6-17-32(42(48)46-41(30(2)45(4)43(46)49)31-18-15-12-16-19-31)20-13-10-8-7-9-11-14-21-33-28-34-29-35(50-5)22-23-36(34)37-26-27-44(3)38(40(33)37)24-25-39(44)47/h12,15-16,18-19,22-23,29-30,32-33,37-41,47H,6-11,13-14,17,20-21,24-28H2,1-5H3/t30-,32-,33+,37?,38?,39-,40?,41-,44-/m0/s1. The largest absolute Gasteiger partial charge is 0.497 e. The maximum absolute atomic E-state index is 13.9. The maximum atomic E-state index is 13.9. The van der Waals surface area contributed by atoms with Gasteiger partial charge in [0, 0.05) is 13.0 Å². The van der Waals surface area contributed by atoms with Gasteiger partial charge in [-0.05, 0) is 116 Å². The van der Waals surface area contributed by atoms with Gasteiger partial charge in [0.1, 0.15) is 5.75 Å². The van der Waals surface area contributed by atoms with Crippen molar-refractivity contribution in [3.63, 3.8) is 0 Å². The molecule has 1 heterocycles. The smallest absolute Gasteiger partial charge is 0.327 e. The number of imide groups is 1. The van der Waals surface area contributed by atoms with E-state index in [9.17, 15) is 14.7 Å². The number of carbonyl (C=O) groups is 2. The molecule has 3 fully saturated rings. The van der Waals surface area contributed by atoms with Crippen LogP contribution in [-0.4, -0.2) is 53.1 Å². The van der Waals surface area contributed by atoms with E-state index in [1.165, 1.54) is 56.9 Å². The number of nitrogens with zero attached hydrogens (tertiary/aromatic N) is 2. The molecule has 1 aliphatic heterocycles. The van der Waals surface area contributed by atoms with E-state index in [4.69, 9.17) is 4.74 Å². The minimum Gasteiger partial charge on any atom is -0.497 e. The molecule has 4 aliphatic rings. The molecule has 0 radical (unpaired) electrons. The highest BCUT2D eigenvalue weighted by atomic mass is 16.5. The number of aliphatic hydroxyl groups is 1. The van der Waals surface area contributed by atoms with Crippen LogP contribution in [0.4, 0.5) is 4.79 Å². The van der Waals surface area contributed by atoms with Gasteiger partial charge in [-0.2, -0.15) is 0 Å². The number of benzene rings is 2. The molecule has 50 heavy (non-hydrogen) atoms. The Balaban J connectivity index is 0.969. The van der Waals surface area contributed by atoms with E-state index in [-0.39, 0.29) is 41.5 Å². The second-order valence-corrected chi connectivity index (χ2v) is 16.7. The van der Waals surface area contributed by atoms with Crippen LogP contribution in [0.25, 0.3) is 0 Å². The zero-order valence-corrected chi connectivity index (χ0v) is 31.6. The van der Waals surface area contributed by atoms with Crippen molar-refractivity contribution in [2.45, 2.75) is 148 Å². The van der Waals surface area contributed by atoms with Crippen LogP contribution >= 0.6 is 0 Å². The van der Waals surface area contributed by atoms with Crippen LogP contribution in [0.2, 0.25) is 0 Å². The van der Waals surface area contributed by atoms with E-state index < -0.39 is 0 Å². The predicted molar refractivity (Wildman–Crippen MR) is 201 cm³/mol. The molecule has 3 aliphatic carbocycles. The van der Waals surface area contributed by atoms with Gasteiger partial charge in [0.05, 0.1) is 25.3 Å². The average molecular weight is 685 g/mol. The van der Waals surface area contributed by atoms with Gasteiger partial charge in [-0.3, -0.25) is 9.69 Å². The number of hydrogen-bond donors (Lipinski definition) is 1. The van der Waals surface area contributed by atoms with Crippen LogP contribution in [0.5, 0.6) is 5.75 Å². The minimum atomic E-state index is -0.231. The lowest BCUT2D eigenvalue weighted by molar-refractivity contribution is -0.134. The third-order valence-corrected chi connectivity index (χ3v) is 13.9. The molecular weight excluding hydrogens is 620 g/mol. The van der Waals surface area contributed by atoms with Crippen LogP contribution in [0, 0.1) is 29.1 Å². The van der Waals surface area contributed by atoms with Crippen LogP contribution in [0.15, 0.2) is 48.5 Å².